The van der Waals surface area contributed by atoms with Gasteiger partial charge in [0.25, 0.3) is 0 Å². The van der Waals surface area contributed by atoms with Crippen LogP contribution in [0.15, 0.2) is 12.2 Å². The zero-order valence-corrected chi connectivity index (χ0v) is 8.45. The SMILES string of the molecule is C=C(C(=O)O)C(C)C12CCCCC1O2. The first-order chi connectivity index (χ1) is 6.58. The summed E-state index contributed by atoms with van der Waals surface area (Å²) in [6, 6.07) is 0. The number of hydrogen-bond donors (Lipinski definition) is 1. The predicted octanol–water partition coefficient (Wildman–Crippen LogP) is 1.97. The van der Waals surface area contributed by atoms with E-state index >= 15 is 0 Å². The monoisotopic (exact) mass is 196 g/mol. The molecule has 1 aliphatic carbocycles. The molecule has 78 valence electrons. The summed E-state index contributed by atoms with van der Waals surface area (Å²) >= 11 is 0. The van der Waals surface area contributed by atoms with Crippen molar-refractivity contribution in [2.24, 2.45) is 5.92 Å². The van der Waals surface area contributed by atoms with Crippen LogP contribution >= 0.6 is 0 Å². The Morgan fingerprint density at radius 2 is 2.36 bits per heavy atom. The molecule has 1 saturated carbocycles. The Kier molecular flexibility index (Phi) is 2.14. The lowest BCUT2D eigenvalue weighted by molar-refractivity contribution is -0.133. The molecular formula is C11H16O3. The van der Waals surface area contributed by atoms with Crippen LogP contribution in [0.3, 0.4) is 0 Å². The van der Waals surface area contributed by atoms with Gasteiger partial charge < -0.3 is 9.84 Å². The van der Waals surface area contributed by atoms with Crippen molar-refractivity contribution < 1.29 is 14.6 Å². The molecule has 2 rings (SSSR count). The maximum Gasteiger partial charge on any atom is 0.331 e. The van der Waals surface area contributed by atoms with Gasteiger partial charge in [-0.3, -0.25) is 0 Å². The van der Waals surface area contributed by atoms with E-state index in [2.05, 4.69) is 6.58 Å². The Hall–Kier alpha value is -0.830. The van der Waals surface area contributed by atoms with E-state index in [1.165, 1.54) is 6.42 Å². The van der Waals surface area contributed by atoms with E-state index in [0.29, 0.717) is 6.10 Å². The molecule has 3 atom stereocenters. The molecule has 0 radical (unpaired) electrons. The number of carbonyl (C=O) groups is 1. The van der Waals surface area contributed by atoms with Gasteiger partial charge in [0.05, 0.1) is 6.10 Å². The molecule has 0 amide bonds. The van der Waals surface area contributed by atoms with Gasteiger partial charge in [-0.1, -0.05) is 26.3 Å². The van der Waals surface area contributed by atoms with Crippen LogP contribution in [0.4, 0.5) is 0 Å². The van der Waals surface area contributed by atoms with Crippen molar-refractivity contribution in [3.8, 4) is 0 Å². The third-order valence-corrected chi connectivity index (χ3v) is 3.66. The zero-order valence-electron chi connectivity index (χ0n) is 8.45. The highest BCUT2D eigenvalue weighted by molar-refractivity contribution is 5.86. The molecule has 3 nitrogen and oxygen atoms in total. The quantitative estimate of drug-likeness (QED) is 0.554. The van der Waals surface area contributed by atoms with Gasteiger partial charge in [-0.25, -0.2) is 4.79 Å². The van der Waals surface area contributed by atoms with Gasteiger partial charge >= 0.3 is 5.97 Å². The highest BCUT2D eigenvalue weighted by Crippen LogP contribution is 2.54. The Bertz CT molecular complexity index is 284. The fourth-order valence-electron chi connectivity index (χ4n) is 2.56. The zero-order chi connectivity index (χ0) is 10.3. The second-order valence-corrected chi connectivity index (χ2v) is 4.36. The van der Waals surface area contributed by atoms with Gasteiger partial charge in [-0.15, -0.1) is 0 Å². The average Bonchev–Trinajstić information content (AvgIpc) is 2.90. The molecule has 1 heterocycles. The van der Waals surface area contributed by atoms with Gasteiger partial charge in [0.2, 0.25) is 0 Å². The van der Waals surface area contributed by atoms with Crippen molar-refractivity contribution in [3.05, 3.63) is 12.2 Å². The molecular weight excluding hydrogens is 180 g/mol. The third kappa shape index (κ3) is 1.27. The van der Waals surface area contributed by atoms with Crippen molar-refractivity contribution in [3.63, 3.8) is 0 Å². The predicted molar refractivity (Wildman–Crippen MR) is 52.0 cm³/mol. The Morgan fingerprint density at radius 1 is 1.64 bits per heavy atom. The van der Waals surface area contributed by atoms with E-state index in [0.717, 1.165) is 19.3 Å². The minimum atomic E-state index is -0.897. The highest BCUT2D eigenvalue weighted by Gasteiger charge is 2.61. The van der Waals surface area contributed by atoms with Crippen LogP contribution in [0.5, 0.6) is 0 Å². The molecule has 2 aliphatic rings. The second-order valence-electron chi connectivity index (χ2n) is 4.36. The first kappa shape index (κ1) is 9.71. The van der Waals surface area contributed by atoms with Gasteiger partial charge in [-0.2, -0.15) is 0 Å². The molecule has 1 saturated heterocycles. The van der Waals surface area contributed by atoms with Crippen molar-refractivity contribution in [2.45, 2.75) is 44.3 Å². The minimum Gasteiger partial charge on any atom is -0.478 e. The maximum absolute atomic E-state index is 10.8. The Balaban J connectivity index is 2.08. The van der Waals surface area contributed by atoms with Crippen molar-refractivity contribution in [1.82, 2.24) is 0 Å². The molecule has 1 N–H and O–H groups in total. The molecule has 0 aromatic carbocycles. The highest BCUT2D eigenvalue weighted by atomic mass is 16.6. The first-order valence-electron chi connectivity index (χ1n) is 5.18. The number of fused-ring (bicyclic) bond motifs is 1. The van der Waals surface area contributed by atoms with E-state index in [-0.39, 0.29) is 17.1 Å². The molecule has 14 heavy (non-hydrogen) atoms. The fraction of sp³-hybridized carbons (Fsp3) is 0.727. The summed E-state index contributed by atoms with van der Waals surface area (Å²) in [5.41, 5.74) is 0.114. The van der Waals surface area contributed by atoms with Crippen LogP contribution in [0.1, 0.15) is 32.6 Å². The molecule has 0 aromatic heterocycles. The Morgan fingerprint density at radius 3 is 2.93 bits per heavy atom. The van der Waals surface area contributed by atoms with Crippen LogP contribution in [0.25, 0.3) is 0 Å². The van der Waals surface area contributed by atoms with Gasteiger partial charge in [-0.05, 0) is 12.8 Å². The smallest absolute Gasteiger partial charge is 0.331 e. The van der Waals surface area contributed by atoms with Crippen LogP contribution in [0, 0.1) is 5.92 Å². The van der Waals surface area contributed by atoms with Gasteiger partial charge in [0.1, 0.15) is 5.60 Å². The minimum absolute atomic E-state index is 0.0506. The molecule has 3 unspecified atom stereocenters. The lowest BCUT2D eigenvalue weighted by Gasteiger charge is -2.23. The summed E-state index contributed by atoms with van der Waals surface area (Å²) in [7, 11) is 0. The van der Waals surface area contributed by atoms with Crippen LogP contribution in [-0.4, -0.2) is 22.8 Å². The second kappa shape index (κ2) is 3.09. The van der Waals surface area contributed by atoms with E-state index in [9.17, 15) is 4.79 Å². The van der Waals surface area contributed by atoms with E-state index in [1.807, 2.05) is 6.92 Å². The normalized spacial score (nSPS) is 37.1. The van der Waals surface area contributed by atoms with Gasteiger partial charge in [0, 0.05) is 11.5 Å². The summed E-state index contributed by atoms with van der Waals surface area (Å²) in [5, 5.41) is 8.86. The number of hydrogen-bond acceptors (Lipinski definition) is 2. The average molecular weight is 196 g/mol. The molecule has 2 fully saturated rings. The van der Waals surface area contributed by atoms with Crippen LogP contribution in [0.2, 0.25) is 0 Å². The molecule has 0 aromatic rings. The third-order valence-electron chi connectivity index (χ3n) is 3.66. The van der Waals surface area contributed by atoms with Crippen molar-refractivity contribution >= 4 is 5.97 Å². The number of carboxylic acids is 1. The van der Waals surface area contributed by atoms with E-state index < -0.39 is 5.97 Å². The van der Waals surface area contributed by atoms with Crippen LogP contribution in [-0.2, 0) is 9.53 Å². The first-order valence-corrected chi connectivity index (χ1v) is 5.18. The number of carboxylic acid groups (broad SMARTS) is 1. The molecule has 0 spiro atoms. The fourth-order valence-corrected chi connectivity index (χ4v) is 2.56. The summed E-state index contributed by atoms with van der Waals surface area (Å²) in [6.45, 7) is 5.54. The summed E-state index contributed by atoms with van der Waals surface area (Å²) in [4.78, 5) is 10.8. The Labute approximate surface area is 83.8 Å². The van der Waals surface area contributed by atoms with Crippen molar-refractivity contribution in [1.29, 1.82) is 0 Å². The number of epoxide rings is 1. The molecule has 0 bridgehead atoms. The summed E-state index contributed by atoms with van der Waals surface area (Å²) < 4.78 is 5.67. The number of rotatable bonds is 3. The van der Waals surface area contributed by atoms with E-state index in [4.69, 9.17) is 9.84 Å². The van der Waals surface area contributed by atoms with Crippen LogP contribution < -0.4 is 0 Å². The summed E-state index contributed by atoms with van der Waals surface area (Å²) in [5.74, 6) is -0.947. The van der Waals surface area contributed by atoms with E-state index in [1.54, 1.807) is 0 Å². The lowest BCUT2D eigenvalue weighted by Crippen LogP contribution is -2.30. The van der Waals surface area contributed by atoms with Crippen molar-refractivity contribution in [2.75, 3.05) is 0 Å². The lowest BCUT2D eigenvalue weighted by atomic mass is 9.77. The molecule has 1 aliphatic heterocycles. The standard InChI is InChI=1S/C11H16O3/c1-7(10(12)13)8(2)11-6-4-3-5-9(11)14-11/h8-9H,1,3-6H2,2H3,(H,12,13). The topological polar surface area (TPSA) is 49.8 Å². The summed E-state index contributed by atoms with van der Waals surface area (Å²) in [6.07, 6.45) is 4.72. The maximum atomic E-state index is 10.8. The number of ether oxygens (including phenoxy) is 1. The number of aliphatic carboxylic acids is 1. The largest absolute Gasteiger partial charge is 0.478 e. The van der Waals surface area contributed by atoms with Gasteiger partial charge in [0.15, 0.2) is 0 Å². The molecule has 3 heteroatoms.